The highest BCUT2D eigenvalue weighted by molar-refractivity contribution is 5.85. The van der Waals surface area contributed by atoms with Crippen molar-refractivity contribution in [3.8, 4) is 0 Å². The van der Waals surface area contributed by atoms with Crippen molar-refractivity contribution in [2.75, 3.05) is 32.7 Å². The summed E-state index contributed by atoms with van der Waals surface area (Å²) < 4.78 is 0. The summed E-state index contributed by atoms with van der Waals surface area (Å²) in [5.41, 5.74) is 0. The summed E-state index contributed by atoms with van der Waals surface area (Å²) in [6.45, 7) is 6.60. The van der Waals surface area contributed by atoms with Crippen molar-refractivity contribution in [3.63, 3.8) is 0 Å². The average Bonchev–Trinajstić information content (AvgIpc) is 2.01. The van der Waals surface area contributed by atoms with Crippen molar-refractivity contribution in [2.45, 2.75) is 13.0 Å². The summed E-state index contributed by atoms with van der Waals surface area (Å²) in [6.07, 6.45) is 0. The second-order valence-corrected chi connectivity index (χ2v) is 3.94. The lowest BCUT2D eigenvalue weighted by Crippen LogP contribution is -2.58. The smallest absolute Gasteiger partial charge is 0.228 e. The Morgan fingerprint density at radius 2 is 2.00 bits per heavy atom. The molecule has 2 N–H and O–H groups in total. The summed E-state index contributed by atoms with van der Waals surface area (Å²) in [5, 5.41) is 6.42. The van der Waals surface area contributed by atoms with Crippen molar-refractivity contribution in [2.24, 2.45) is 5.92 Å². The lowest BCUT2D eigenvalue weighted by Gasteiger charge is -2.38. The molecule has 4 nitrogen and oxygen atoms in total. The van der Waals surface area contributed by atoms with Gasteiger partial charge in [-0.2, -0.15) is 0 Å². The molecule has 1 atom stereocenters. The van der Waals surface area contributed by atoms with Gasteiger partial charge in [-0.1, -0.05) is 0 Å². The van der Waals surface area contributed by atoms with Gasteiger partial charge in [0.25, 0.3) is 0 Å². The third-order valence-corrected chi connectivity index (χ3v) is 2.92. The average molecular weight is 220 g/mol. The number of rotatable bonds is 1. The van der Waals surface area contributed by atoms with Gasteiger partial charge in [0.15, 0.2) is 0 Å². The maximum absolute atomic E-state index is 11.8. The molecular formula is C9H18ClN3O. The zero-order valence-corrected chi connectivity index (χ0v) is 9.27. The number of carbonyl (C=O) groups is 1. The van der Waals surface area contributed by atoms with Crippen LogP contribution in [0.3, 0.4) is 0 Å². The summed E-state index contributed by atoms with van der Waals surface area (Å²) in [6, 6.07) is 0.363. The second-order valence-electron chi connectivity index (χ2n) is 3.94. The van der Waals surface area contributed by atoms with E-state index in [1.165, 1.54) is 0 Å². The van der Waals surface area contributed by atoms with Crippen molar-refractivity contribution >= 4 is 18.3 Å². The molecule has 2 aliphatic rings. The van der Waals surface area contributed by atoms with Gasteiger partial charge in [-0.3, -0.25) is 4.79 Å². The van der Waals surface area contributed by atoms with Crippen molar-refractivity contribution < 1.29 is 4.79 Å². The summed E-state index contributed by atoms with van der Waals surface area (Å²) >= 11 is 0. The summed E-state index contributed by atoms with van der Waals surface area (Å²) in [4.78, 5) is 13.9. The molecule has 0 unspecified atom stereocenters. The fourth-order valence-electron chi connectivity index (χ4n) is 1.87. The first-order chi connectivity index (χ1) is 6.29. The van der Waals surface area contributed by atoms with E-state index in [9.17, 15) is 4.79 Å². The first-order valence-electron chi connectivity index (χ1n) is 5.01. The normalized spacial score (nSPS) is 27.8. The Balaban J connectivity index is 0.000000980. The molecule has 0 aromatic carbocycles. The molecule has 14 heavy (non-hydrogen) atoms. The Morgan fingerprint density at radius 3 is 2.50 bits per heavy atom. The van der Waals surface area contributed by atoms with Crippen LogP contribution in [0.2, 0.25) is 0 Å². The number of hydrogen-bond acceptors (Lipinski definition) is 3. The molecule has 1 amide bonds. The minimum absolute atomic E-state index is 0. The number of carbonyl (C=O) groups excluding carboxylic acids is 1. The fourth-order valence-corrected chi connectivity index (χ4v) is 1.87. The zero-order chi connectivity index (χ0) is 9.26. The molecule has 0 aromatic heterocycles. The minimum Gasteiger partial charge on any atom is -0.337 e. The van der Waals surface area contributed by atoms with E-state index < -0.39 is 0 Å². The van der Waals surface area contributed by atoms with Crippen LogP contribution < -0.4 is 10.6 Å². The third kappa shape index (κ3) is 2.19. The van der Waals surface area contributed by atoms with Gasteiger partial charge < -0.3 is 15.5 Å². The molecule has 5 heteroatoms. The van der Waals surface area contributed by atoms with Gasteiger partial charge in [0.1, 0.15) is 0 Å². The third-order valence-electron chi connectivity index (χ3n) is 2.92. The number of halogens is 1. The van der Waals surface area contributed by atoms with Gasteiger partial charge in [0.05, 0.1) is 5.92 Å². The Bertz CT molecular complexity index is 208. The van der Waals surface area contributed by atoms with Gasteiger partial charge in [0.2, 0.25) is 5.91 Å². The molecule has 2 aliphatic heterocycles. The predicted octanol–water partition coefficient (Wildman–Crippen LogP) is -0.552. The van der Waals surface area contributed by atoms with Crippen molar-refractivity contribution in [1.29, 1.82) is 0 Å². The quantitative estimate of drug-likeness (QED) is 0.622. The van der Waals surface area contributed by atoms with Crippen molar-refractivity contribution in [1.82, 2.24) is 15.5 Å². The van der Waals surface area contributed by atoms with Crippen LogP contribution in [0.1, 0.15) is 6.92 Å². The molecule has 0 saturated carbocycles. The molecular weight excluding hydrogens is 202 g/mol. The highest BCUT2D eigenvalue weighted by Gasteiger charge is 2.32. The highest BCUT2D eigenvalue weighted by Crippen LogP contribution is 2.12. The minimum atomic E-state index is 0. The molecule has 82 valence electrons. The molecule has 2 saturated heterocycles. The topological polar surface area (TPSA) is 44.4 Å². The number of amides is 1. The van der Waals surface area contributed by atoms with E-state index >= 15 is 0 Å². The highest BCUT2D eigenvalue weighted by atomic mass is 35.5. The first kappa shape index (κ1) is 11.8. The summed E-state index contributed by atoms with van der Waals surface area (Å²) in [5.74, 6) is 0.591. The van der Waals surface area contributed by atoms with Crippen LogP contribution in [-0.2, 0) is 4.79 Å². The molecule has 0 radical (unpaired) electrons. The van der Waals surface area contributed by atoms with Gasteiger partial charge in [-0.25, -0.2) is 0 Å². The molecule has 0 aliphatic carbocycles. The Labute approximate surface area is 90.8 Å². The van der Waals surface area contributed by atoms with E-state index in [4.69, 9.17) is 0 Å². The number of nitrogens with one attached hydrogen (secondary N) is 2. The van der Waals surface area contributed by atoms with E-state index in [1.54, 1.807) is 0 Å². The predicted molar refractivity (Wildman–Crippen MR) is 57.7 cm³/mol. The number of piperazine rings is 1. The second kappa shape index (κ2) is 4.96. The van der Waals surface area contributed by atoms with E-state index in [2.05, 4.69) is 17.6 Å². The van der Waals surface area contributed by atoms with Crippen LogP contribution in [-0.4, -0.2) is 49.6 Å². The monoisotopic (exact) mass is 219 g/mol. The van der Waals surface area contributed by atoms with Gasteiger partial charge in [0, 0.05) is 38.8 Å². The Hall–Kier alpha value is -0.320. The first-order valence-corrected chi connectivity index (χ1v) is 5.01. The summed E-state index contributed by atoms with van der Waals surface area (Å²) in [7, 11) is 0. The molecule has 0 bridgehead atoms. The number of nitrogens with zero attached hydrogens (tertiary/aromatic N) is 1. The van der Waals surface area contributed by atoms with Crippen LogP contribution >= 0.6 is 12.4 Å². The van der Waals surface area contributed by atoms with E-state index in [1.807, 2.05) is 4.90 Å². The van der Waals surface area contributed by atoms with Gasteiger partial charge >= 0.3 is 0 Å². The zero-order valence-electron chi connectivity index (χ0n) is 8.45. The van der Waals surface area contributed by atoms with E-state index in [0.29, 0.717) is 11.9 Å². The van der Waals surface area contributed by atoms with Crippen molar-refractivity contribution in [3.05, 3.63) is 0 Å². The lowest BCUT2D eigenvalue weighted by atomic mass is 10.0. The van der Waals surface area contributed by atoms with Gasteiger partial charge in [-0.05, 0) is 6.92 Å². The van der Waals surface area contributed by atoms with Crippen LogP contribution in [0, 0.1) is 5.92 Å². The van der Waals surface area contributed by atoms with Gasteiger partial charge in [-0.15, -0.1) is 12.4 Å². The SMILES string of the molecule is C[C@@H]1CNCCN1C(=O)C1CNC1.Cl. The van der Waals surface area contributed by atoms with Crippen LogP contribution in [0.15, 0.2) is 0 Å². The maximum Gasteiger partial charge on any atom is 0.228 e. The molecule has 0 aromatic rings. The molecule has 2 heterocycles. The van der Waals surface area contributed by atoms with Crippen LogP contribution in [0.5, 0.6) is 0 Å². The maximum atomic E-state index is 11.8. The van der Waals surface area contributed by atoms with Crippen LogP contribution in [0.4, 0.5) is 0 Å². The lowest BCUT2D eigenvalue weighted by molar-refractivity contribution is -0.139. The fraction of sp³-hybridized carbons (Fsp3) is 0.889. The molecule has 2 fully saturated rings. The molecule has 2 rings (SSSR count). The number of hydrogen-bond donors (Lipinski definition) is 2. The van der Waals surface area contributed by atoms with E-state index in [-0.39, 0.29) is 18.3 Å². The van der Waals surface area contributed by atoms with Crippen LogP contribution in [0.25, 0.3) is 0 Å². The Morgan fingerprint density at radius 1 is 1.29 bits per heavy atom. The largest absolute Gasteiger partial charge is 0.337 e. The standard InChI is InChI=1S/C9H17N3O.ClH/c1-7-4-10-2-3-12(7)9(13)8-5-11-6-8;/h7-8,10-11H,2-6H2,1H3;1H/t7-;/m1./s1. The Kier molecular flexibility index (Phi) is 4.16. The molecule has 0 spiro atoms. The van der Waals surface area contributed by atoms with E-state index in [0.717, 1.165) is 32.7 Å².